The molecule has 0 amide bonds. The molecule has 2 saturated heterocycles. The maximum Gasteiger partial charge on any atom is 0.0108 e. The topological polar surface area (TPSA) is 18.5 Å². The Labute approximate surface area is 123 Å². The highest BCUT2D eigenvalue weighted by Crippen LogP contribution is 2.19. The van der Waals surface area contributed by atoms with Gasteiger partial charge in [-0.1, -0.05) is 6.92 Å². The second kappa shape index (κ2) is 8.50. The van der Waals surface area contributed by atoms with Crippen molar-refractivity contribution in [2.24, 2.45) is 5.92 Å². The van der Waals surface area contributed by atoms with Crippen molar-refractivity contribution in [3.8, 4) is 0 Å². The van der Waals surface area contributed by atoms with E-state index in [0.29, 0.717) is 6.04 Å². The Morgan fingerprint density at radius 1 is 1.21 bits per heavy atom. The molecule has 3 nitrogen and oxygen atoms in total. The normalized spacial score (nSPS) is 28.4. The van der Waals surface area contributed by atoms with Gasteiger partial charge >= 0.3 is 0 Å². The number of nitrogens with one attached hydrogen (secondary N) is 1. The summed E-state index contributed by atoms with van der Waals surface area (Å²) in [7, 11) is 0. The lowest BCUT2D eigenvalue weighted by Gasteiger charge is -2.36. The van der Waals surface area contributed by atoms with E-state index in [9.17, 15) is 0 Å². The molecular formula is C15H31N3S. The lowest BCUT2D eigenvalue weighted by molar-refractivity contribution is 0.155. The molecule has 19 heavy (non-hydrogen) atoms. The molecule has 1 N–H and O–H groups in total. The van der Waals surface area contributed by atoms with Crippen LogP contribution in [0.4, 0.5) is 0 Å². The van der Waals surface area contributed by atoms with E-state index in [-0.39, 0.29) is 0 Å². The van der Waals surface area contributed by atoms with Gasteiger partial charge in [-0.15, -0.1) is 0 Å². The van der Waals surface area contributed by atoms with Crippen LogP contribution in [0.2, 0.25) is 0 Å². The van der Waals surface area contributed by atoms with E-state index in [4.69, 9.17) is 0 Å². The fourth-order valence-corrected chi connectivity index (χ4v) is 4.21. The Kier molecular flexibility index (Phi) is 6.99. The van der Waals surface area contributed by atoms with Crippen molar-refractivity contribution in [1.29, 1.82) is 0 Å². The van der Waals surface area contributed by atoms with Crippen molar-refractivity contribution in [1.82, 2.24) is 15.1 Å². The number of hydrogen-bond donors (Lipinski definition) is 1. The van der Waals surface area contributed by atoms with E-state index in [1.165, 1.54) is 63.6 Å². The first kappa shape index (κ1) is 15.6. The third-order valence-electron chi connectivity index (χ3n) is 4.69. The predicted molar refractivity (Wildman–Crippen MR) is 86.1 cm³/mol. The van der Waals surface area contributed by atoms with Gasteiger partial charge in [-0.05, 0) is 38.8 Å². The Morgan fingerprint density at radius 2 is 2.00 bits per heavy atom. The highest BCUT2D eigenvalue weighted by molar-refractivity contribution is 7.99. The monoisotopic (exact) mass is 285 g/mol. The standard InChI is InChI=1S/C15H31N3S/c1-3-17-7-4-5-15(13-17)14(2)16-6-8-18-9-11-19-12-10-18/h14-16H,3-13H2,1-2H3. The molecule has 112 valence electrons. The number of piperidine rings is 1. The largest absolute Gasteiger partial charge is 0.313 e. The number of nitrogens with zero attached hydrogens (tertiary/aromatic N) is 2. The summed E-state index contributed by atoms with van der Waals surface area (Å²) in [5.74, 6) is 3.50. The van der Waals surface area contributed by atoms with Crippen LogP contribution < -0.4 is 5.32 Å². The average molecular weight is 286 g/mol. The Balaban J connectivity index is 1.61. The maximum absolute atomic E-state index is 3.77. The van der Waals surface area contributed by atoms with Gasteiger partial charge in [0.1, 0.15) is 0 Å². The number of hydrogen-bond acceptors (Lipinski definition) is 4. The molecule has 0 radical (unpaired) electrons. The van der Waals surface area contributed by atoms with Gasteiger partial charge in [-0.2, -0.15) is 11.8 Å². The number of thioether (sulfide) groups is 1. The van der Waals surface area contributed by atoms with Gasteiger partial charge in [0.05, 0.1) is 0 Å². The molecule has 2 aliphatic rings. The minimum atomic E-state index is 0.675. The number of likely N-dealkylation sites (tertiary alicyclic amines) is 1. The smallest absolute Gasteiger partial charge is 0.0108 e. The molecule has 0 aromatic heterocycles. The first-order valence-electron chi connectivity index (χ1n) is 8.05. The summed E-state index contributed by atoms with van der Waals surface area (Å²) in [5.41, 5.74) is 0. The lowest BCUT2D eigenvalue weighted by atomic mass is 9.91. The second-order valence-electron chi connectivity index (χ2n) is 5.99. The minimum Gasteiger partial charge on any atom is -0.313 e. The van der Waals surface area contributed by atoms with Crippen LogP contribution in [-0.4, -0.2) is 73.2 Å². The predicted octanol–water partition coefficient (Wildman–Crippen LogP) is 1.75. The highest BCUT2D eigenvalue weighted by Gasteiger charge is 2.23. The van der Waals surface area contributed by atoms with E-state index in [1.807, 2.05) is 0 Å². The molecule has 2 fully saturated rings. The van der Waals surface area contributed by atoms with Crippen LogP contribution in [-0.2, 0) is 0 Å². The summed E-state index contributed by atoms with van der Waals surface area (Å²) in [4.78, 5) is 5.21. The molecule has 2 atom stereocenters. The molecule has 0 aliphatic carbocycles. The van der Waals surface area contributed by atoms with E-state index < -0.39 is 0 Å². The van der Waals surface area contributed by atoms with E-state index >= 15 is 0 Å². The lowest BCUT2D eigenvalue weighted by Crippen LogP contribution is -2.46. The maximum atomic E-state index is 3.77. The van der Waals surface area contributed by atoms with Crippen LogP contribution in [0.1, 0.15) is 26.7 Å². The van der Waals surface area contributed by atoms with Gasteiger partial charge in [0.2, 0.25) is 0 Å². The first-order valence-corrected chi connectivity index (χ1v) is 9.21. The van der Waals surface area contributed by atoms with Crippen molar-refractivity contribution in [2.75, 3.05) is 57.3 Å². The zero-order chi connectivity index (χ0) is 13.5. The molecule has 2 aliphatic heterocycles. The van der Waals surface area contributed by atoms with Crippen LogP contribution in [0.3, 0.4) is 0 Å². The van der Waals surface area contributed by atoms with E-state index in [0.717, 1.165) is 12.5 Å². The van der Waals surface area contributed by atoms with Crippen molar-refractivity contribution in [2.45, 2.75) is 32.7 Å². The highest BCUT2D eigenvalue weighted by atomic mass is 32.2. The quantitative estimate of drug-likeness (QED) is 0.801. The third kappa shape index (κ3) is 5.25. The van der Waals surface area contributed by atoms with Crippen LogP contribution in [0.25, 0.3) is 0 Å². The number of rotatable bonds is 6. The van der Waals surface area contributed by atoms with Crippen LogP contribution in [0.15, 0.2) is 0 Å². The summed E-state index contributed by atoms with van der Waals surface area (Å²) in [6.07, 6.45) is 2.79. The molecule has 0 saturated carbocycles. The summed E-state index contributed by atoms with van der Waals surface area (Å²) in [6, 6.07) is 0.675. The molecular weight excluding hydrogens is 254 g/mol. The zero-order valence-corrected chi connectivity index (χ0v) is 13.6. The molecule has 2 heterocycles. The second-order valence-corrected chi connectivity index (χ2v) is 7.22. The van der Waals surface area contributed by atoms with Crippen LogP contribution >= 0.6 is 11.8 Å². The molecule has 0 bridgehead atoms. The van der Waals surface area contributed by atoms with E-state index in [2.05, 4.69) is 40.7 Å². The van der Waals surface area contributed by atoms with Gasteiger partial charge in [0, 0.05) is 50.3 Å². The molecule has 0 spiro atoms. The molecule has 4 heteroatoms. The molecule has 0 aromatic rings. The van der Waals surface area contributed by atoms with E-state index in [1.54, 1.807) is 0 Å². The fraction of sp³-hybridized carbons (Fsp3) is 1.00. The Morgan fingerprint density at radius 3 is 2.74 bits per heavy atom. The van der Waals surface area contributed by atoms with Gasteiger partial charge < -0.3 is 15.1 Å². The summed E-state index contributed by atoms with van der Waals surface area (Å²) in [5, 5.41) is 3.77. The van der Waals surface area contributed by atoms with Crippen molar-refractivity contribution < 1.29 is 0 Å². The molecule has 0 aromatic carbocycles. The minimum absolute atomic E-state index is 0.675. The van der Waals surface area contributed by atoms with Crippen LogP contribution in [0, 0.1) is 5.92 Å². The molecule has 2 rings (SSSR count). The summed E-state index contributed by atoms with van der Waals surface area (Å²) in [6.45, 7) is 13.5. The Bertz CT molecular complexity index is 244. The molecule has 2 unspecified atom stereocenters. The Hall–Kier alpha value is 0.230. The van der Waals surface area contributed by atoms with Gasteiger partial charge in [0.15, 0.2) is 0 Å². The van der Waals surface area contributed by atoms with Gasteiger partial charge in [0.25, 0.3) is 0 Å². The SMILES string of the molecule is CCN1CCCC(C(C)NCCN2CCSCC2)C1. The van der Waals surface area contributed by atoms with Crippen molar-refractivity contribution >= 4 is 11.8 Å². The summed E-state index contributed by atoms with van der Waals surface area (Å²) < 4.78 is 0. The summed E-state index contributed by atoms with van der Waals surface area (Å²) >= 11 is 2.10. The fourth-order valence-electron chi connectivity index (χ4n) is 3.23. The van der Waals surface area contributed by atoms with Crippen LogP contribution in [0.5, 0.6) is 0 Å². The first-order chi connectivity index (χ1) is 9.29. The van der Waals surface area contributed by atoms with Gasteiger partial charge in [-0.3, -0.25) is 0 Å². The third-order valence-corrected chi connectivity index (χ3v) is 5.64. The average Bonchev–Trinajstić information content (AvgIpc) is 2.48. The van der Waals surface area contributed by atoms with Crippen molar-refractivity contribution in [3.63, 3.8) is 0 Å². The van der Waals surface area contributed by atoms with Crippen molar-refractivity contribution in [3.05, 3.63) is 0 Å². The van der Waals surface area contributed by atoms with Gasteiger partial charge in [-0.25, -0.2) is 0 Å². The zero-order valence-electron chi connectivity index (χ0n) is 12.7.